The minimum atomic E-state index is 0.0407. The van der Waals surface area contributed by atoms with E-state index < -0.39 is 0 Å². The quantitative estimate of drug-likeness (QED) is 0.895. The third-order valence-electron chi connectivity index (χ3n) is 2.30. The van der Waals surface area contributed by atoms with Gasteiger partial charge in [-0.25, -0.2) is 0 Å². The first-order valence-corrected chi connectivity index (χ1v) is 5.92. The van der Waals surface area contributed by atoms with Gasteiger partial charge in [-0.05, 0) is 30.5 Å². The lowest BCUT2D eigenvalue weighted by Gasteiger charge is -2.15. The van der Waals surface area contributed by atoms with Crippen LogP contribution in [0.15, 0.2) is 28.7 Å². The largest absolute Gasteiger partial charge is 0.353 e. The molecular formula is C12H16BrNO. The molecule has 1 N–H and O–H groups in total. The average Bonchev–Trinajstić information content (AvgIpc) is 2.19. The van der Waals surface area contributed by atoms with Gasteiger partial charge in [0.1, 0.15) is 0 Å². The zero-order valence-electron chi connectivity index (χ0n) is 9.09. The van der Waals surface area contributed by atoms with Crippen LogP contribution in [0.3, 0.4) is 0 Å². The van der Waals surface area contributed by atoms with Crippen LogP contribution in [0.4, 0.5) is 0 Å². The van der Waals surface area contributed by atoms with E-state index in [1.807, 2.05) is 12.1 Å². The number of rotatable bonds is 4. The second-order valence-electron chi connectivity index (χ2n) is 3.64. The molecular weight excluding hydrogens is 254 g/mol. The van der Waals surface area contributed by atoms with Gasteiger partial charge in [0.15, 0.2) is 0 Å². The summed E-state index contributed by atoms with van der Waals surface area (Å²) in [5.74, 6) is 0.0407. The summed E-state index contributed by atoms with van der Waals surface area (Å²) in [6.45, 7) is 3.64. The predicted octanol–water partition coefficient (Wildman–Crippen LogP) is 2.91. The number of nitrogens with one attached hydrogen (secondary N) is 1. The van der Waals surface area contributed by atoms with Crippen LogP contribution >= 0.6 is 15.9 Å². The van der Waals surface area contributed by atoms with Crippen molar-refractivity contribution in [3.8, 4) is 0 Å². The number of halogens is 1. The Balaban J connectivity index is 2.58. The van der Waals surface area contributed by atoms with Crippen LogP contribution in [-0.2, 0) is 11.2 Å². The molecule has 0 aromatic heterocycles. The summed E-state index contributed by atoms with van der Waals surface area (Å²) in [6.07, 6.45) is 1.85. The Hall–Kier alpha value is -0.830. The van der Waals surface area contributed by atoms with Gasteiger partial charge in [0.05, 0.1) is 0 Å². The first kappa shape index (κ1) is 12.2. The van der Waals surface area contributed by atoms with E-state index >= 15 is 0 Å². The van der Waals surface area contributed by atoms with Crippen LogP contribution in [0.5, 0.6) is 0 Å². The Morgan fingerprint density at radius 3 is 2.47 bits per heavy atom. The van der Waals surface area contributed by atoms with Crippen LogP contribution in [0.1, 0.15) is 25.8 Å². The summed E-state index contributed by atoms with van der Waals surface area (Å²) < 4.78 is 1.08. The molecule has 0 bridgehead atoms. The molecule has 3 heteroatoms. The van der Waals surface area contributed by atoms with Crippen molar-refractivity contribution in [2.24, 2.45) is 0 Å². The lowest BCUT2D eigenvalue weighted by atomic mass is 10.0. The smallest absolute Gasteiger partial charge is 0.217 e. The van der Waals surface area contributed by atoms with Crippen molar-refractivity contribution >= 4 is 21.8 Å². The van der Waals surface area contributed by atoms with Crippen LogP contribution in [0.25, 0.3) is 0 Å². The minimum Gasteiger partial charge on any atom is -0.353 e. The Morgan fingerprint density at radius 2 is 2.00 bits per heavy atom. The predicted molar refractivity (Wildman–Crippen MR) is 65.7 cm³/mol. The summed E-state index contributed by atoms with van der Waals surface area (Å²) in [5, 5.41) is 2.94. The molecule has 0 saturated heterocycles. The molecule has 1 unspecified atom stereocenters. The molecule has 1 amide bonds. The van der Waals surface area contributed by atoms with Crippen molar-refractivity contribution in [3.05, 3.63) is 34.3 Å². The van der Waals surface area contributed by atoms with Crippen molar-refractivity contribution in [1.82, 2.24) is 5.32 Å². The number of carbonyl (C=O) groups is 1. The minimum absolute atomic E-state index is 0.0407. The van der Waals surface area contributed by atoms with Gasteiger partial charge in [-0.1, -0.05) is 35.0 Å². The fraction of sp³-hybridized carbons (Fsp3) is 0.417. The van der Waals surface area contributed by atoms with Gasteiger partial charge in [0, 0.05) is 17.4 Å². The number of carbonyl (C=O) groups excluding carboxylic acids is 1. The number of hydrogen-bond acceptors (Lipinski definition) is 1. The molecule has 0 aliphatic rings. The van der Waals surface area contributed by atoms with Crippen LogP contribution in [0, 0.1) is 0 Å². The van der Waals surface area contributed by atoms with Crippen molar-refractivity contribution in [3.63, 3.8) is 0 Å². The molecule has 82 valence electrons. The topological polar surface area (TPSA) is 29.1 Å². The van der Waals surface area contributed by atoms with Crippen molar-refractivity contribution in [1.29, 1.82) is 0 Å². The summed E-state index contributed by atoms with van der Waals surface area (Å²) in [5.41, 5.74) is 1.25. The summed E-state index contributed by atoms with van der Waals surface area (Å²) >= 11 is 3.40. The van der Waals surface area contributed by atoms with Crippen LogP contribution in [0.2, 0.25) is 0 Å². The van der Waals surface area contributed by atoms with E-state index in [0.717, 1.165) is 17.3 Å². The van der Waals surface area contributed by atoms with Crippen molar-refractivity contribution < 1.29 is 4.79 Å². The van der Waals surface area contributed by atoms with E-state index in [1.54, 1.807) is 6.92 Å². The molecule has 0 fully saturated rings. The maximum absolute atomic E-state index is 10.9. The highest BCUT2D eigenvalue weighted by Gasteiger charge is 2.07. The summed E-state index contributed by atoms with van der Waals surface area (Å²) in [7, 11) is 0. The standard InChI is InChI=1S/C12H16BrNO/c1-3-12(14-9(2)15)8-10-4-6-11(13)7-5-10/h4-7,12H,3,8H2,1-2H3,(H,14,15). The molecule has 0 aliphatic carbocycles. The molecule has 1 aromatic carbocycles. The van der Waals surface area contributed by atoms with Crippen LogP contribution in [-0.4, -0.2) is 11.9 Å². The van der Waals surface area contributed by atoms with Gasteiger partial charge in [-0.2, -0.15) is 0 Å². The summed E-state index contributed by atoms with van der Waals surface area (Å²) in [4.78, 5) is 10.9. The lowest BCUT2D eigenvalue weighted by molar-refractivity contribution is -0.119. The molecule has 1 rings (SSSR count). The maximum atomic E-state index is 10.9. The van der Waals surface area contributed by atoms with Gasteiger partial charge >= 0.3 is 0 Å². The molecule has 0 heterocycles. The van der Waals surface area contributed by atoms with Gasteiger partial charge in [0.25, 0.3) is 0 Å². The fourth-order valence-corrected chi connectivity index (χ4v) is 1.75. The highest BCUT2D eigenvalue weighted by Crippen LogP contribution is 2.12. The van der Waals surface area contributed by atoms with E-state index in [9.17, 15) is 4.79 Å². The van der Waals surface area contributed by atoms with Crippen LogP contribution < -0.4 is 5.32 Å². The molecule has 0 radical (unpaired) electrons. The Kier molecular flexibility index (Phi) is 4.82. The molecule has 1 atom stereocenters. The molecule has 15 heavy (non-hydrogen) atoms. The third kappa shape index (κ3) is 4.47. The maximum Gasteiger partial charge on any atom is 0.217 e. The van der Waals surface area contributed by atoms with E-state index in [1.165, 1.54) is 5.56 Å². The van der Waals surface area contributed by atoms with Crippen molar-refractivity contribution in [2.75, 3.05) is 0 Å². The summed E-state index contributed by atoms with van der Waals surface area (Å²) in [6, 6.07) is 8.44. The SMILES string of the molecule is CCC(Cc1ccc(Br)cc1)NC(C)=O. The normalized spacial score (nSPS) is 12.2. The molecule has 0 aliphatic heterocycles. The number of benzene rings is 1. The second kappa shape index (κ2) is 5.91. The van der Waals surface area contributed by atoms with Gasteiger partial charge < -0.3 is 5.32 Å². The van der Waals surface area contributed by atoms with E-state index in [0.29, 0.717) is 0 Å². The van der Waals surface area contributed by atoms with E-state index in [4.69, 9.17) is 0 Å². The fourth-order valence-electron chi connectivity index (χ4n) is 1.49. The molecule has 0 saturated carbocycles. The first-order chi connectivity index (χ1) is 7.11. The lowest BCUT2D eigenvalue weighted by Crippen LogP contribution is -2.34. The molecule has 1 aromatic rings. The number of amides is 1. The van der Waals surface area contributed by atoms with E-state index in [2.05, 4.69) is 40.3 Å². The Morgan fingerprint density at radius 1 is 1.40 bits per heavy atom. The van der Waals surface area contributed by atoms with E-state index in [-0.39, 0.29) is 11.9 Å². The van der Waals surface area contributed by atoms with Crippen molar-refractivity contribution in [2.45, 2.75) is 32.7 Å². The Labute approximate surface area is 99.2 Å². The van der Waals surface area contributed by atoms with Gasteiger partial charge in [-0.3, -0.25) is 4.79 Å². The van der Waals surface area contributed by atoms with Gasteiger partial charge in [-0.15, -0.1) is 0 Å². The zero-order valence-corrected chi connectivity index (χ0v) is 10.7. The molecule has 0 spiro atoms. The Bertz CT molecular complexity index is 321. The average molecular weight is 270 g/mol. The zero-order chi connectivity index (χ0) is 11.3. The van der Waals surface area contributed by atoms with Gasteiger partial charge in [0.2, 0.25) is 5.91 Å². The second-order valence-corrected chi connectivity index (χ2v) is 4.55. The number of hydrogen-bond donors (Lipinski definition) is 1. The third-order valence-corrected chi connectivity index (χ3v) is 2.82. The highest BCUT2D eigenvalue weighted by molar-refractivity contribution is 9.10. The molecule has 2 nitrogen and oxygen atoms in total. The first-order valence-electron chi connectivity index (χ1n) is 5.13. The highest BCUT2D eigenvalue weighted by atomic mass is 79.9. The monoisotopic (exact) mass is 269 g/mol.